The van der Waals surface area contributed by atoms with Gasteiger partial charge >= 0.3 is 11.8 Å². The zero-order valence-electron chi connectivity index (χ0n) is 19.0. The normalized spacial score (nSPS) is 10.6. The fraction of sp³-hybridized carbons (Fsp3) is 0.273. The predicted molar refractivity (Wildman–Crippen MR) is 122 cm³/mol. The minimum atomic E-state index is -1.02. The third-order valence-electron chi connectivity index (χ3n) is 4.31. The molecule has 0 aliphatic carbocycles. The molecule has 0 spiro atoms. The summed E-state index contributed by atoms with van der Waals surface area (Å²) in [7, 11) is 5.89. The maximum absolute atomic E-state index is 12.3. The lowest BCUT2D eigenvalue weighted by Gasteiger charge is -2.12. The number of ether oxygens (including phenoxy) is 4. The molecular weight excluding hydrogens is 432 g/mol. The van der Waals surface area contributed by atoms with Crippen LogP contribution in [-0.2, 0) is 14.4 Å². The lowest BCUT2D eigenvalue weighted by Crippen LogP contribution is -2.33. The zero-order chi connectivity index (χ0) is 24.4. The van der Waals surface area contributed by atoms with Crippen molar-refractivity contribution in [2.24, 2.45) is 5.10 Å². The van der Waals surface area contributed by atoms with E-state index in [1.54, 1.807) is 30.3 Å². The number of carbonyl (C=O) groups excluding carboxylic acids is 3. The van der Waals surface area contributed by atoms with Crippen LogP contribution >= 0.6 is 0 Å². The Hall–Kier alpha value is -4.28. The number of amides is 3. The second kappa shape index (κ2) is 11.9. The summed E-state index contributed by atoms with van der Waals surface area (Å²) in [6.07, 6.45) is -0.124. The van der Waals surface area contributed by atoms with Crippen molar-refractivity contribution >= 4 is 34.8 Å². The van der Waals surface area contributed by atoms with E-state index in [0.717, 1.165) is 0 Å². The topological polar surface area (TPSA) is 137 Å². The number of nitrogens with one attached hydrogen (secondary N) is 3. The van der Waals surface area contributed by atoms with Crippen LogP contribution < -0.4 is 35.0 Å². The Labute approximate surface area is 191 Å². The number of hydrazone groups is 1. The number of hydrogen-bond donors (Lipinski definition) is 3. The van der Waals surface area contributed by atoms with E-state index in [1.807, 2.05) is 0 Å². The van der Waals surface area contributed by atoms with Gasteiger partial charge in [-0.05, 0) is 31.2 Å². The van der Waals surface area contributed by atoms with Crippen LogP contribution in [0.1, 0.15) is 13.3 Å². The van der Waals surface area contributed by atoms with E-state index in [4.69, 9.17) is 18.9 Å². The van der Waals surface area contributed by atoms with Crippen LogP contribution in [0.2, 0.25) is 0 Å². The Balaban J connectivity index is 1.94. The standard InChI is InChI=1S/C22H26N4O7/c1-13(10-20(27)23-16-8-6-15(31-3)12-19(16)33-5)25-26-22(29)21(28)24-17-11-14(30-2)7-9-18(17)32-4/h6-9,11-12H,10H2,1-5H3,(H,23,27)(H,24,28)(H,26,29). The molecule has 0 radical (unpaired) electrons. The van der Waals surface area contributed by atoms with Crippen LogP contribution in [0.4, 0.5) is 11.4 Å². The molecule has 11 nitrogen and oxygen atoms in total. The van der Waals surface area contributed by atoms with Crippen molar-refractivity contribution in [1.29, 1.82) is 0 Å². The van der Waals surface area contributed by atoms with Crippen LogP contribution in [0, 0.1) is 0 Å². The number of nitrogens with zero attached hydrogens (tertiary/aromatic N) is 1. The molecule has 3 amide bonds. The Bertz CT molecular complexity index is 1050. The quantitative estimate of drug-likeness (QED) is 0.298. The molecule has 0 aliphatic heterocycles. The van der Waals surface area contributed by atoms with E-state index in [2.05, 4.69) is 21.2 Å². The number of hydrogen-bond acceptors (Lipinski definition) is 8. The zero-order valence-corrected chi connectivity index (χ0v) is 19.0. The smallest absolute Gasteiger partial charge is 0.329 e. The van der Waals surface area contributed by atoms with E-state index in [-0.39, 0.29) is 23.7 Å². The van der Waals surface area contributed by atoms with Crippen LogP contribution in [0.15, 0.2) is 41.5 Å². The van der Waals surface area contributed by atoms with Gasteiger partial charge in [0.15, 0.2) is 0 Å². The summed E-state index contributed by atoms with van der Waals surface area (Å²) in [5.41, 5.74) is 3.10. The Morgan fingerprint density at radius 2 is 1.39 bits per heavy atom. The van der Waals surface area contributed by atoms with Crippen molar-refractivity contribution < 1.29 is 33.3 Å². The molecule has 0 aliphatic rings. The molecule has 0 fully saturated rings. The predicted octanol–water partition coefficient (Wildman–Crippen LogP) is 2.18. The lowest BCUT2D eigenvalue weighted by molar-refractivity contribution is -0.136. The van der Waals surface area contributed by atoms with Gasteiger partial charge in [-0.2, -0.15) is 5.10 Å². The maximum Gasteiger partial charge on any atom is 0.329 e. The Kier molecular flexibility index (Phi) is 9.04. The highest BCUT2D eigenvalue weighted by molar-refractivity contribution is 6.39. The van der Waals surface area contributed by atoms with Gasteiger partial charge < -0.3 is 29.6 Å². The van der Waals surface area contributed by atoms with Gasteiger partial charge in [-0.3, -0.25) is 14.4 Å². The molecule has 0 aromatic heterocycles. The summed E-state index contributed by atoms with van der Waals surface area (Å²) in [6.45, 7) is 1.54. The van der Waals surface area contributed by atoms with Gasteiger partial charge in [-0.1, -0.05) is 0 Å². The summed E-state index contributed by atoms with van der Waals surface area (Å²) in [5, 5.41) is 8.92. The molecule has 11 heteroatoms. The third kappa shape index (κ3) is 7.13. The minimum Gasteiger partial charge on any atom is -0.497 e. The van der Waals surface area contributed by atoms with Crippen molar-refractivity contribution in [1.82, 2.24) is 5.43 Å². The van der Waals surface area contributed by atoms with Crippen molar-refractivity contribution in [2.75, 3.05) is 39.1 Å². The molecule has 0 bridgehead atoms. The molecule has 33 heavy (non-hydrogen) atoms. The molecule has 0 heterocycles. The SMILES string of the molecule is COc1ccc(OC)c(NC(=O)C(=O)NN=C(C)CC(=O)Nc2ccc(OC)cc2OC)c1. The second-order valence-corrected chi connectivity index (χ2v) is 6.60. The number of anilines is 2. The summed E-state index contributed by atoms with van der Waals surface area (Å²) >= 11 is 0. The van der Waals surface area contributed by atoms with Crippen LogP contribution in [0.25, 0.3) is 0 Å². The van der Waals surface area contributed by atoms with E-state index in [0.29, 0.717) is 28.7 Å². The monoisotopic (exact) mass is 458 g/mol. The highest BCUT2D eigenvalue weighted by Gasteiger charge is 2.17. The van der Waals surface area contributed by atoms with Crippen LogP contribution in [0.3, 0.4) is 0 Å². The number of carbonyl (C=O) groups is 3. The number of rotatable bonds is 9. The minimum absolute atomic E-state index is 0.124. The highest BCUT2D eigenvalue weighted by atomic mass is 16.5. The highest BCUT2D eigenvalue weighted by Crippen LogP contribution is 2.29. The van der Waals surface area contributed by atoms with Gasteiger partial charge in [-0.15, -0.1) is 0 Å². The molecule has 2 rings (SSSR count). The van der Waals surface area contributed by atoms with Gasteiger partial charge in [0.1, 0.15) is 23.0 Å². The number of benzene rings is 2. The fourth-order valence-electron chi connectivity index (χ4n) is 2.66. The van der Waals surface area contributed by atoms with Gasteiger partial charge in [0.2, 0.25) is 5.91 Å². The van der Waals surface area contributed by atoms with E-state index in [9.17, 15) is 14.4 Å². The lowest BCUT2D eigenvalue weighted by atomic mass is 10.2. The van der Waals surface area contributed by atoms with Crippen molar-refractivity contribution in [3.8, 4) is 23.0 Å². The molecule has 0 saturated heterocycles. The molecule has 0 unspecified atom stereocenters. The van der Waals surface area contributed by atoms with Gasteiger partial charge in [-0.25, -0.2) is 5.43 Å². The molecule has 0 atom stereocenters. The van der Waals surface area contributed by atoms with Gasteiger partial charge in [0, 0.05) is 17.8 Å². The summed E-state index contributed by atoms with van der Waals surface area (Å²) in [4.78, 5) is 36.6. The van der Waals surface area contributed by atoms with Gasteiger partial charge in [0.05, 0.1) is 46.2 Å². The largest absolute Gasteiger partial charge is 0.497 e. The number of methoxy groups -OCH3 is 4. The maximum atomic E-state index is 12.3. The first-order valence-corrected chi connectivity index (χ1v) is 9.69. The second-order valence-electron chi connectivity index (χ2n) is 6.60. The first kappa shape index (κ1) is 25.0. The van der Waals surface area contributed by atoms with Crippen LogP contribution in [-0.4, -0.2) is 51.9 Å². The van der Waals surface area contributed by atoms with Crippen molar-refractivity contribution in [3.05, 3.63) is 36.4 Å². The summed E-state index contributed by atoms with van der Waals surface area (Å²) in [6, 6.07) is 9.69. The van der Waals surface area contributed by atoms with Crippen molar-refractivity contribution in [2.45, 2.75) is 13.3 Å². The average molecular weight is 458 g/mol. The Morgan fingerprint density at radius 1 is 0.758 bits per heavy atom. The molecule has 2 aromatic rings. The summed E-state index contributed by atoms with van der Waals surface area (Å²) in [5.74, 6) is -0.547. The fourth-order valence-corrected chi connectivity index (χ4v) is 2.66. The average Bonchev–Trinajstić information content (AvgIpc) is 2.82. The summed E-state index contributed by atoms with van der Waals surface area (Å²) < 4.78 is 20.6. The molecule has 2 aromatic carbocycles. The molecule has 176 valence electrons. The van der Waals surface area contributed by atoms with E-state index in [1.165, 1.54) is 41.4 Å². The van der Waals surface area contributed by atoms with Crippen LogP contribution in [0.5, 0.6) is 23.0 Å². The molecule has 3 N–H and O–H groups in total. The first-order valence-electron chi connectivity index (χ1n) is 9.69. The first-order chi connectivity index (χ1) is 15.8. The molecular formula is C22H26N4O7. The third-order valence-corrected chi connectivity index (χ3v) is 4.31. The van der Waals surface area contributed by atoms with E-state index >= 15 is 0 Å². The van der Waals surface area contributed by atoms with Crippen molar-refractivity contribution in [3.63, 3.8) is 0 Å². The Morgan fingerprint density at radius 3 is 2.03 bits per heavy atom. The van der Waals surface area contributed by atoms with Gasteiger partial charge in [0.25, 0.3) is 0 Å². The van der Waals surface area contributed by atoms with E-state index < -0.39 is 11.8 Å². The molecule has 0 saturated carbocycles.